The van der Waals surface area contributed by atoms with Gasteiger partial charge in [0.15, 0.2) is 5.76 Å². The van der Waals surface area contributed by atoms with Crippen LogP contribution in [0.5, 0.6) is 11.5 Å². The predicted octanol–water partition coefficient (Wildman–Crippen LogP) is 3.80. The summed E-state index contributed by atoms with van der Waals surface area (Å²) in [5.41, 5.74) is 0.934. The molecule has 0 amide bonds. The van der Waals surface area contributed by atoms with E-state index in [9.17, 15) is 13.9 Å². The Bertz CT molecular complexity index is 908. The molecule has 0 saturated carbocycles. The van der Waals surface area contributed by atoms with Gasteiger partial charge in [-0.05, 0) is 24.3 Å². The second-order valence-electron chi connectivity index (χ2n) is 5.19. The van der Waals surface area contributed by atoms with Gasteiger partial charge in [0.1, 0.15) is 28.8 Å². The lowest BCUT2D eigenvalue weighted by atomic mass is 10.0. The number of halogens is 2. The molecule has 0 atom stereocenters. The lowest BCUT2D eigenvalue weighted by molar-refractivity contribution is 0.281. The van der Waals surface area contributed by atoms with E-state index in [0.29, 0.717) is 17.1 Å². The van der Waals surface area contributed by atoms with Crippen molar-refractivity contribution in [2.75, 3.05) is 14.2 Å². The zero-order valence-corrected chi connectivity index (χ0v) is 13.5. The number of benzene rings is 2. The first-order valence-corrected chi connectivity index (χ1v) is 7.36. The highest BCUT2D eigenvalue weighted by Crippen LogP contribution is 2.39. The summed E-state index contributed by atoms with van der Waals surface area (Å²) >= 11 is 0. The third-order valence-electron chi connectivity index (χ3n) is 3.79. The van der Waals surface area contributed by atoms with Crippen molar-refractivity contribution in [2.45, 2.75) is 6.61 Å². The fourth-order valence-corrected chi connectivity index (χ4v) is 2.55. The molecule has 25 heavy (non-hydrogen) atoms. The van der Waals surface area contributed by atoms with E-state index in [1.165, 1.54) is 20.3 Å². The van der Waals surface area contributed by atoms with E-state index in [1.54, 1.807) is 18.2 Å². The normalized spacial score (nSPS) is 10.8. The third-order valence-corrected chi connectivity index (χ3v) is 3.79. The Hall–Kier alpha value is -2.93. The lowest BCUT2D eigenvalue weighted by Crippen LogP contribution is -1.94. The topological polar surface area (TPSA) is 64.7 Å². The number of aliphatic hydroxyl groups excluding tert-OH is 1. The van der Waals surface area contributed by atoms with Gasteiger partial charge in [0.05, 0.1) is 32.0 Å². The molecule has 0 bridgehead atoms. The Labute approximate surface area is 142 Å². The van der Waals surface area contributed by atoms with Crippen LogP contribution in [-0.2, 0) is 6.61 Å². The van der Waals surface area contributed by atoms with Gasteiger partial charge in [0.2, 0.25) is 0 Å². The average molecular weight is 347 g/mol. The minimum Gasteiger partial charge on any atom is -0.497 e. The standard InChI is InChI=1S/C18H15F2NO4/c1-23-11-4-6-13(16(8-11)24-2)18-14(9-22)17(21-25-18)12-5-3-10(19)7-15(12)20/h3-8,22H,9H2,1-2H3. The molecule has 3 rings (SSSR count). The molecule has 0 aliphatic carbocycles. The van der Waals surface area contributed by atoms with Crippen LogP contribution in [-0.4, -0.2) is 24.5 Å². The predicted molar refractivity (Wildman–Crippen MR) is 86.3 cm³/mol. The molecule has 1 aromatic heterocycles. The van der Waals surface area contributed by atoms with Crippen molar-refractivity contribution in [1.82, 2.24) is 5.16 Å². The molecule has 1 N–H and O–H groups in total. The fourth-order valence-electron chi connectivity index (χ4n) is 2.55. The van der Waals surface area contributed by atoms with E-state index in [-0.39, 0.29) is 22.6 Å². The summed E-state index contributed by atoms with van der Waals surface area (Å²) in [7, 11) is 3.01. The highest BCUT2D eigenvalue weighted by atomic mass is 19.1. The molecule has 5 nitrogen and oxygen atoms in total. The molecule has 130 valence electrons. The maximum absolute atomic E-state index is 14.1. The number of rotatable bonds is 5. The van der Waals surface area contributed by atoms with Gasteiger partial charge in [0, 0.05) is 17.7 Å². The van der Waals surface area contributed by atoms with E-state index in [0.717, 1.165) is 12.1 Å². The monoisotopic (exact) mass is 347 g/mol. The Balaban J connectivity index is 2.15. The van der Waals surface area contributed by atoms with Crippen LogP contribution in [0.1, 0.15) is 5.56 Å². The molecule has 0 radical (unpaired) electrons. The Morgan fingerprint density at radius 3 is 2.44 bits per heavy atom. The zero-order chi connectivity index (χ0) is 18.0. The van der Waals surface area contributed by atoms with Crippen molar-refractivity contribution in [3.05, 3.63) is 53.6 Å². The van der Waals surface area contributed by atoms with Gasteiger partial charge in [0.25, 0.3) is 0 Å². The van der Waals surface area contributed by atoms with E-state index in [2.05, 4.69) is 5.16 Å². The Morgan fingerprint density at radius 1 is 1.04 bits per heavy atom. The SMILES string of the molecule is COc1ccc(-c2onc(-c3ccc(F)cc3F)c2CO)c(OC)c1. The number of aromatic nitrogens is 1. The van der Waals surface area contributed by atoms with Gasteiger partial charge in [-0.2, -0.15) is 0 Å². The molecule has 0 spiro atoms. The van der Waals surface area contributed by atoms with Crippen LogP contribution in [0.2, 0.25) is 0 Å². The van der Waals surface area contributed by atoms with E-state index >= 15 is 0 Å². The number of hydrogen-bond donors (Lipinski definition) is 1. The maximum atomic E-state index is 14.1. The van der Waals surface area contributed by atoms with Crippen LogP contribution in [0.25, 0.3) is 22.6 Å². The highest BCUT2D eigenvalue weighted by Gasteiger charge is 2.23. The molecular weight excluding hydrogens is 332 g/mol. The molecule has 3 aromatic rings. The van der Waals surface area contributed by atoms with Crippen LogP contribution >= 0.6 is 0 Å². The quantitative estimate of drug-likeness (QED) is 0.761. The molecule has 2 aromatic carbocycles. The van der Waals surface area contributed by atoms with Gasteiger partial charge in [-0.1, -0.05) is 5.16 Å². The molecule has 0 unspecified atom stereocenters. The lowest BCUT2D eigenvalue weighted by Gasteiger charge is -2.09. The number of nitrogens with zero attached hydrogens (tertiary/aromatic N) is 1. The van der Waals surface area contributed by atoms with E-state index in [1.807, 2.05) is 0 Å². The molecular formula is C18H15F2NO4. The van der Waals surface area contributed by atoms with Crippen molar-refractivity contribution >= 4 is 0 Å². The van der Waals surface area contributed by atoms with Crippen molar-refractivity contribution in [3.63, 3.8) is 0 Å². The first-order chi connectivity index (χ1) is 12.1. The zero-order valence-electron chi connectivity index (χ0n) is 13.5. The van der Waals surface area contributed by atoms with Gasteiger partial charge in [-0.3, -0.25) is 0 Å². The largest absolute Gasteiger partial charge is 0.497 e. The van der Waals surface area contributed by atoms with Gasteiger partial charge >= 0.3 is 0 Å². The number of methoxy groups -OCH3 is 2. The van der Waals surface area contributed by atoms with Crippen LogP contribution in [0, 0.1) is 11.6 Å². The molecule has 0 aliphatic heterocycles. The number of aliphatic hydroxyl groups is 1. The summed E-state index contributed by atoms with van der Waals surface area (Å²) in [4.78, 5) is 0. The second kappa shape index (κ2) is 6.90. The van der Waals surface area contributed by atoms with Crippen LogP contribution in [0.3, 0.4) is 0 Å². The first kappa shape index (κ1) is 16.9. The van der Waals surface area contributed by atoms with Crippen LogP contribution in [0.15, 0.2) is 40.9 Å². The highest BCUT2D eigenvalue weighted by molar-refractivity contribution is 5.76. The van der Waals surface area contributed by atoms with Crippen molar-refractivity contribution < 1.29 is 27.9 Å². The summed E-state index contributed by atoms with van der Waals surface area (Å²) in [6.45, 7) is -0.444. The van der Waals surface area contributed by atoms with E-state index in [4.69, 9.17) is 14.0 Å². The van der Waals surface area contributed by atoms with Crippen LogP contribution < -0.4 is 9.47 Å². The fraction of sp³-hybridized carbons (Fsp3) is 0.167. The molecule has 7 heteroatoms. The second-order valence-corrected chi connectivity index (χ2v) is 5.19. The molecule has 1 heterocycles. The van der Waals surface area contributed by atoms with Gasteiger partial charge < -0.3 is 19.1 Å². The van der Waals surface area contributed by atoms with Gasteiger partial charge in [-0.15, -0.1) is 0 Å². The van der Waals surface area contributed by atoms with E-state index < -0.39 is 18.2 Å². The third kappa shape index (κ3) is 3.06. The Morgan fingerprint density at radius 2 is 1.80 bits per heavy atom. The molecule has 0 fully saturated rings. The van der Waals surface area contributed by atoms with Crippen molar-refractivity contribution in [2.24, 2.45) is 0 Å². The van der Waals surface area contributed by atoms with Crippen LogP contribution in [0.4, 0.5) is 8.78 Å². The smallest absolute Gasteiger partial charge is 0.176 e. The first-order valence-electron chi connectivity index (χ1n) is 7.36. The van der Waals surface area contributed by atoms with Crippen molar-refractivity contribution in [3.8, 4) is 34.1 Å². The van der Waals surface area contributed by atoms with Gasteiger partial charge in [-0.25, -0.2) is 8.78 Å². The summed E-state index contributed by atoms with van der Waals surface area (Å²) in [5, 5.41) is 13.6. The molecule has 0 saturated heterocycles. The summed E-state index contributed by atoms with van der Waals surface area (Å²) < 4.78 is 43.0. The average Bonchev–Trinajstić information content (AvgIpc) is 3.04. The minimum absolute atomic E-state index is 0.0351. The summed E-state index contributed by atoms with van der Waals surface area (Å²) in [6.07, 6.45) is 0. The number of ether oxygens (including phenoxy) is 2. The minimum atomic E-state index is -0.795. The summed E-state index contributed by atoms with van der Waals surface area (Å²) in [5.74, 6) is -0.240. The maximum Gasteiger partial charge on any atom is 0.176 e. The summed E-state index contributed by atoms with van der Waals surface area (Å²) in [6, 6.07) is 8.14. The van der Waals surface area contributed by atoms with Crippen molar-refractivity contribution in [1.29, 1.82) is 0 Å². The molecule has 0 aliphatic rings. The number of hydrogen-bond acceptors (Lipinski definition) is 5. The Kier molecular flexibility index (Phi) is 4.67.